The van der Waals surface area contributed by atoms with Crippen LogP contribution >= 0.6 is 0 Å². The molecule has 1 nitrogen and oxygen atoms in total. The van der Waals surface area contributed by atoms with Crippen molar-refractivity contribution in [3.8, 4) is 0 Å². The molecule has 1 atom stereocenters. The summed E-state index contributed by atoms with van der Waals surface area (Å²) in [5, 5.41) is 0. The van der Waals surface area contributed by atoms with Gasteiger partial charge >= 0.3 is 26.2 Å². The second kappa shape index (κ2) is 9.54. The van der Waals surface area contributed by atoms with Crippen molar-refractivity contribution >= 4 is 0 Å². The van der Waals surface area contributed by atoms with Gasteiger partial charge in [0.25, 0.3) is 0 Å². The van der Waals surface area contributed by atoms with Gasteiger partial charge in [-0.1, -0.05) is 60.8 Å². The van der Waals surface area contributed by atoms with Gasteiger partial charge in [0.15, 0.2) is 0 Å². The molecule has 1 aromatic carbocycles. The van der Waals surface area contributed by atoms with Crippen molar-refractivity contribution in [2.24, 2.45) is 0 Å². The molecule has 3 rings (SSSR count). The van der Waals surface area contributed by atoms with Gasteiger partial charge in [-0.25, -0.2) is 0 Å². The average molecular weight is 432 g/mol. The molecule has 0 bridgehead atoms. The Morgan fingerprint density at radius 3 is 1.96 bits per heavy atom. The molecule has 23 heavy (non-hydrogen) atoms. The molecule has 0 amide bonds. The minimum Gasteiger partial charge on any atom is -1.00 e. The molecule has 0 fully saturated rings. The fraction of sp³-hybridized carbons (Fsp3) is 0.526. The third kappa shape index (κ3) is 5.28. The molecule has 0 spiro atoms. The van der Waals surface area contributed by atoms with Crippen molar-refractivity contribution < 1.29 is 51.0 Å². The molecule has 0 radical (unpaired) electrons. The largest absolute Gasteiger partial charge is 4.00 e. The second-order valence-electron chi connectivity index (χ2n) is 7.14. The summed E-state index contributed by atoms with van der Waals surface area (Å²) < 4.78 is 0. The van der Waals surface area contributed by atoms with E-state index in [0.717, 1.165) is 5.92 Å². The molecule has 4 heteroatoms. The van der Waals surface area contributed by atoms with Crippen LogP contribution in [0.5, 0.6) is 0 Å². The van der Waals surface area contributed by atoms with Crippen LogP contribution < -0.4 is 24.8 Å². The summed E-state index contributed by atoms with van der Waals surface area (Å²) in [6, 6.07) is 2.06. The molecule has 1 aliphatic carbocycles. The van der Waals surface area contributed by atoms with E-state index >= 15 is 0 Å². The normalized spacial score (nSPS) is 14.8. The molecule has 2 aromatic rings. The van der Waals surface area contributed by atoms with E-state index in [2.05, 4.69) is 65.7 Å². The van der Waals surface area contributed by atoms with Crippen LogP contribution in [0.3, 0.4) is 0 Å². The Morgan fingerprint density at radius 2 is 1.70 bits per heavy atom. The van der Waals surface area contributed by atoms with Gasteiger partial charge in [0.2, 0.25) is 0 Å². The average Bonchev–Trinajstić information content (AvgIpc) is 2.92. The fourth-order valence-corrected chi connectivity index (χ4v) is 3.07. The van der Waals surface area contributed by atoms with Crippen molar-refractivity contribution in [2.75, 3.05) is 0 Å². The monoisotopic (exact) mass is 429 g/mol. The molecular formula is C19H27Cl2NZr. The number of H-pyrrole nitrogens is 1. The summed E-state index contributed by atoms with van der Waals surface area (Å²) in [7, 11) is 0. The van der Waals surface area contributed by atoms with Crippen LogP contribution in [0.15, 0.2) is 12.3 Å². The Balaban J connectivity index is 0. The van der Waals surface area contributed by atoms with E-state index in [1.165, 1.54) is 17.5 Å². The minimum absolute atomic E-state index is 0. The predicted octanol–water partition coefficient (Wildman–Crippen LogP) is -0.892. The standard InChI is InChI=1S/C11H15.C8H12N.2ClH.Zr/c1-6-5-10-8(3)7(2)9(4)11(6)10;1-8(2,3)7-4-5-9-6-7;;;/h6H,5H2,1-4H3;4-5,9H,1-3H3;2*1H;/q2*-1;;;+4/p-2. The zero-order valence-corrected chi connectivity index (χ0v) is 19.2. The van der Waals surface area contributed by atoms with Gasteiger partial charge in [0.05, 0.1) is 0 Å². The van der Waals surface area contributed by atoms with E-state index in [1.807, 2.05) is 6.20 Å². The topological polar surface area (TPSA) is 15.8 Å². The van der Waals surface area contributed by atoms with E-state index in [0.29, 0.717) is 0 Å². The number of rotatable bonds is 0. The first-order chi connectivity index (χ1) is 9.23. The van der Waals surface area contributed by atoms with Crippen molar-refractivity contribution in [1.29, 1.82) is 0 Å². The summed E-state index contributed by atoms with van der Waals surface area (Å²) >= 11 is 0. The number of hydrogen-bond donors (Lipinski definition) is 1. The third-order valence-corrected chi connectivity index (χ3v) is 4.66. The van der Waals surface area contributed by atoms with Crippen molar-refractivity contribution in [2.45, 2.75) is 66.2 Å². The summed E-state index contributed by atoms with van der Waals surface area (Å²) in [6.45, 7) is 15.6. The van der Waals surface area contributed by atoms with Crippen LogP contribution in [0.4, 0.5) is 0 Å². The smallest absolute Gasteiger partial charge is 1.00 e. The van der Waals surface area contributed by atoms with Gasteiger partial charge < -0.3 is 29.8 Å². The van der Waals surface area contributed by atoms with Crippen molar-refractivity contribution in [3.05, 3.63) is 51.8 Å². The zero-order valence-electron chi connectivity index (χ0n) is 15.2. The van der Waals surface area contributed by atoms with Crippen LogP contribution in [0.2, 0.25) is 0 Å². The van der Waals surface area contributed by atoms with Crippen LogP contribution in [0.25, 0.3) is 0 Å². The number of halogens is 2. The number of aromatic nitrogens is 1. The van der Waals surface area contributed by atoms with E-state index < -0.39 is 0 Å². The zero-order chi connectivity index (χ0) is 15.1. The number of nitrogens with one attached hydrogen (secondary N) is 1. The Bertz CT molecular complexity index is 572. The van der Waals surface area contributed by atoms with Gasteiger partial charge in [0, 0.05) is 0 Å². The fourth-order valence-electron chi connectivity index (χ4n) is 3.07. The summed E-state index contributed by atoms with van der Waals surface area (Å²) in [5.74, 6) is 0.831. The maximum Gasteiger partial charge on any atom is 4.00 e. The number of aromatic amines is 1. The first kappa shape index (κ1) is 25.3. The first-order valence-electron chi connectivity index (χ1n) is 7.54. The van der Waals surface area contributed by atoms with Crippen LogP contribution in [-0.4, -0.2) is 4.98 Å². The molecule has 126 valence electrons. The molecule has 1 heterocycles. The van der Waals surface area contributed by atoms with Gasteiger partial charge in [-0.15, -0.1) is 17.3 Å². The summed E-state index contributed by atoms with van der Waals surface area (Å²) in [5.41, 5.74) is 9.40. The van der Waals surface area contributed by atoms with Gasteiger partial charge in [-0.05, 0) is 5.41 Å². The molecular weight excluding hydrogens is 404 g/mol. The van der Waals surface area contributed by atoms with Gasteiger partial charge in [0.1, 0.15) is 0 Å². The minimum atomic E-state index is 0. The molecule has 0 saturated carbocycles. The van der Waals surface area contributed by atoms with Crippen LogP contribution in [0, 0.1) is 27.0 Å². The Hall–Kier alpha value is 0.0931. The Kier molecular flexibility index (Phi) is 10.5. The molecule has 0 aliphatic heterocycles. The Labute approximate surface area is 173 Å². The predicted molar refractivity (Wildman–Crippen MR) is 86.7 cm³/mol. The molecule has 0 saturated heterocycles. The van der Waals surface area contributed by atoms with E-state index in [9.17, 15) is 0 Å². The van der Waals surface area contributed by atoms with E-state index in [-0.39, 0.29) is 56.4 Å². The summed E-state index contributed by atoms with van der Waals surface area (Å²) in [4.78, 5) is 2.91. The van der Waals surface area contributed by atoms with Gasteiger partial charge in [-0.2, -0.15) is 34.5 Å². The number of hydrogen-bond acceptors (Lipinski definition) is 0. The van der Waals surface area contributed by atoms with Crippen molar-refractivity contribution in [1.82, 2.24) is 4.98 Å². The van der Waals surface area contributed by atoms with Crippen LogP contribution in [0.1, 0.15) is 67.0 Å². The quantitative estimate of drug-likeness (QED) is 0.521. The van der Waals surface area contributed by atoms with Gasteiger partial charge in [-0.3, -0.25) is 0 Å². The molecule has 1 aliphatic rings. The number of fused-ring (bicyclic) bond motifs is 1. The first-order valence-corrected chi connectivity index (χ1v) is 7.54. The molecule has 1 unspecified atom stereocenters. The summed E-state index contributed by atoms with van der Waals surface area (Å²) in [6.07, 6.45) is 6.27. The van der Waals surface area contributed by atoms with E-state index in [1.54, 1.807) is 22.3 Å². The maximum atomic E-state index is 3.05. The van der Waals surface area contributed by atoms with Crippen molar-refractivity contribution in [3.63, 3.8) is 0 Å². The third-order valence-electron chi connectivity index (χ3n) is 4.66. The second-order valence-corrected chi connectivity index (χ2v) is 7.14. The Morgan fingerprint density at radius 1 is 1.13 bits per heavy atom. The maximum absolute atomic E-state index is 3.05. The SMILES string of the molecule is CC(C)(C)c1[c-][nH]cc1.Cc1c(C)c2[c-](c1C)C(C)C2.[Cl-].[Cl-].[Zr+4]. The molecule has 1 N–H and O–H groups in total. The van der Waals surface area contributed by atoms with Crippen LogP contribution in [-0.2, 0) is 38.0 Å². The molecule has 1 aromatic heterocycles. The van der Waals surface area contributed by atoms with E-state index in [4.69, 9.17) is 0 Å².